The summed E-state index contributed by atoms with van der Waals surface area (Å²) in [5.74, 6) is 0. The van der Waals surface area contributed by atoms with Gasteiger partial charge < -0.3 is 13.9 Å². The Morgan fingerprint density at radius 2 is 1.01 bits per heavy atom. The Labute approximate surface area is 394 Å². The Kier molecular flexibility index (Phi) is 8.33. The number of fused-ring (bicyclic) bond motifs is 12. The number of para-hydroxylation sites is 3. The second kappa shape index (κ2) is 14.7. The van der Waals surface area contributed by atoms with Gasteiger partial charge in [-0.25, -0.2) is 0 Å². The molecule has 0 N–H and O–H groups in total. The number of benzene rings is 11. The SMILES string of the molecule is CC1(C)c2ccccc2-c2ccc(N(c3ccccc3)c3ccc(-c4ccc5c(c4)c4c(-c6cc7ccccc7c7ccccc67)c6c(cc4n5-c4ccccc4)oc4ccccc46)cc3)cc21. The van der Waals surface area contributed by atoms with Gasteiger partial charge in [-0.15, -0.1) is 0 Å². The number of rotatable bonds is 6. The zero-order valence-corrected chi connectivity index (χ0v) is 37.7. The maximum Gasteiger partial charge on any atom is 0.138 e. The van der Waals surface area contributed by atoms with E-state index in [4.69, 9.17) is 4.42 Å². The van der Waals surface area contributed by atoms with E-state index in [2.05, 4.69) is 254 Å². The molecule has 68 heavy (non-hydrogen) atoms. The van der Waals surface area contributed by atoms with E-state index >= 15 is 0 Å². The summed E-state index contributed by atoms with van der Waals surface area (Å²) < 4.78 is 9.25. The smallest absolute Gasteiger partial charge is 0.138 e. The van der Waals surface area contributed by atoms with Crippen LogP contribution in [0.5, 0.6) is 0 Å². The largest absolute Gasteiger partial charge is 0.456 e. The maximum atomic E-state index is 6.83. The fraction of sp³-hybridized carbons (Fsp3) is 0.0462. The highest BCUT2D eigenvalue weighted by Gasteiger charge is 2.36. The van der Waals surface area contributed by atoms with Crippen LogP contribution in [0, 0.1) is 0 Å². The van der Waals surface area contributed by atoms with Crippen molar-refractivity contribution < 1.29 is 4.42 Å². The number of hydrogen-bond acceptors (Lipinski definition) is 2. The van der Waals surface area contributed by atoms with E-state index in [9.17, 15) is 0 Å². The summed E-state index contributed by atoms with van der Waals surface area (Å²) in [6.07, 6.45) is 0. The van der Waals surface area contributed by atoms with Crippen molar-refractivity contribution in [2.45, 2.75) is 19.3 Å². The molecule has 1 aliphatic carbocycles. The van der Waals surface area contributed by atoms with E-state index in [1.807, 2.05) is 0 Å². The molecule has 0 saturated heterocycles. The molecule has 1 aliphatic rings. The first-order valence-corrected chi connectivity index (χ1v) is 23.6. The van der Waals surface area contributed by atoms with E-state index in [0.29, 0.717) is 0 Å². The number of anilines is 3. The highest BCUT2D eigenvalue weighted by molar-refractivity contribution is 6.30. The maximum absolute atomic E-state index is 6.83. The highest BCUT2D eigenvalue weighted by atomic mass is 16.3. The third kappa shape index (κ3) is 5.66. The lowest BCUT2D eigenvalue weighted by molar-refractivity contribution is 0.660. The van der Waals surface area contributed by atoms with Gasteiger partial charge in [0.05, 0.1) is 11.0 Å². The molecule has 2 heterocycles. The van der Waals surface area contributed by atoms with Gasteiger partial charge in [0.15, 0.2) is 0 Å². The van der Waals surface area contributed by atoms with Crippen molar-refractivity contribution in [1.82, 2.24) is 4.57 Å². The minimum absolute atomic E-state index is 0.103. The molecule has 2 aromatic heterocycles. The van der Waals surface area contributed by atoms with Crippen LogP contribution in [-0.4, -0.2) is 4.57 Å². The molecule has 3 nitrogen and oxygen atoms in total. The fourth-order valence-corrected chi connectivity index (χ4v) is 11.6. The Balaban J connectivity index is 0.995. The lowest BCUT2D eigenvalue weighted by Crippen LogP contribution is -2.16. The van der Waals surface area contributed by atoms with Gasteiger partial charge in [0.25, 0.3) is 0 Å². The Hall–Kier alpha value is -8.66. The molecule has 0 amide bonds. The molecule has 0 unspecified atom stereocenters. The molecule has 0 bridgehead atoms. The van der Waals surface area contributed by atoms with Crippen LogP contribution >= 0.6 is 0 Å². The topological polar surface area (TPSA) is 21.3 Å². The quantitative estimate of drug-likeness (QED) is 0.155. The second-order valence-electron chi connectivity index (χ2n) is 18.8. The average molecular weight is 869 g/mol. The minimum Gasteiger partial charge on any atom is -0.456 e. The molecule has 13 aromatic rings. The summed E-state index contributed by atoms with van der Waals surface area (Å²) in [6.45, 7) is 4.70. The van der Waals surface area contributed by atoms with Crippen LogP contribution in [0.2, 0.25) is 0 Å². The Morgan fingerprint density at radius 3 is 1.84 bits per heavy atom. The molecule has 0 atom stereocenters. The molecule has 0 spiro atoms. The molecular formula is C65H44N2O. The van der Waals surface area contributed by atoms with Crippen molar-refractivity contribution in [1.29, 1.82) is 0 Å². The van der Waals surface area contributed by atoms with E-state index in [1.165, 1.54) is 65.7 Å². The molecule has 0 radical (unpaired) electrons. The van der Waals surface area contributed by atoms with Crippen molar-refractivity contribution in [2.75, 3.05) is 4.90 Å². The monoisotopic (exact) mass is 868 g/mol. The van der Waals surface area contributed by atoms with Crippen LogP contribution in [0.15, 0.2) is 235 Å². The fourth-order valence-electron chi connectivity index (χ4n) is 11.6. The summed E-state index contributed by atoms with van der Waals surface area (Å²) in [7, 11) is 0. The minimum atomic E-state index is -0.103. The summed E-state index contributed by atoms with van der Waals surface area (Å²) in [6, 6.07) is 84.4. The van der Waals surface area contributed by atoms with Crippen molar-refractivity contribution >= 4 is 82.4 Å². The van der Waals surface area contributed by atoms with E-state index in [1.54, 1.807) is 0 Å². The lowest BCUT2D eigenvalue weighted by atomic mass is 9.82. The average Bonchev–Trinajstić information content (AvgIpc) is 4.01. The zero-order chi connectivity index (χ0) is 45.1. The number of furan rings is 1. The second-order valence-corrected chi connectivity index (χ2v) is 18.8. The summed E-state index contributed by atoms with van der Waals surface area (Å²) in [5, 5.41) is 9.57. The zero-order valence-electron chi connectivity index (χ0n) is 37.7. The molecule has 3 heteroatoms. The van der Waals surface area contributed by atoms with Gasteiger partial charge in [-0.3, -0.25) is 0 Å². The summed E-state index contributed by atoms with van der Waals surface area (Å²) in [5.41, 5.74) is 18.5. The van der Waals surface area contributed by atoms with Gasteiger partial charge in [0, 0.05) is 61.3 Å². The van der Waals surface area contributed by atoms with Crippen molar-refractivity contribution in [3.63, 3.8) is 0 Å². The molecule has 0 saturated carbocycles. The highest BCUT2D eigenvalue weighted by Crippen LogP contribution is 2.52. The number of nitrogens with zero attached hydrogens (tertiary/aromatic N) is 2. The van der Waals surface area contributed by atoms with Crippen LogP contribution in [0.4, 0.5) is 17.1 Å². The predicted molar refractivity (Wildman–Crippen MR) is 286 cm³/mol. The van der Waals surface area contributed by atoms with Gasteiger partial charge in [0.2, 0.25) is 0 Å². The van der Waals surface area contributed by atoms with Crippen LogP contribution in [0.3, 0.4) is 0 Å². The van der Waals surface area contributed by atoms with Gasteiger partial charge in [-0.2, -0.15) is 0 Å². The van der Waals surface area contributed by atoms with Gasteiger partial charge in [0.1, 0.15) is 11.2 Å². The van der Waals surface area contributed by atoms with Gasteiger partial charge in [-0.05, 0) is 133 Å². The lowest BCUT2D eigenvalue weighted by Gasteiger charge is -2.28. The molecule has 11 aromatic carbocycles. The van der Waals surface area contributed by atoms with Gasteiger partial charge in [-0.1, -0.05) is 166 Å². The van der Waals surface area contributed by atoms with E-state index in [0.717, 1.165) is 66.8 Å². The first-order valence-electron chi connectivity index (χ1n) is 23.6. The van der Waals surface area contributed by atoms with E-state index in [-0.39, 0.29) is 5.41 Å². The Bertz CT molecular complexity index is 4160. The first-order chi connectivity index (χ1) is 33.5. The number of hydrogen-bond donors (Lipinski definition) is 0. The van der Waals surface area contributed by atoms with E-state index < -0.39 is 0 Å². The third-order valence-electron chi connectivity index (χ3n) is 14.7. The molecule has 14 rings (SSSR count). The predicted octanol–water partition coefficient (Wildman–Crippen LogP) is 18.1. The summed E-state index contributed by atoms with van der Waals surface area (Å²) in [4.78, 5) is 2.39. The Morgan fingerprint density at radius 1 is 0.382 bits per heavy atom. The molecular weight excluding hydrogens is 825 g/mol. The van der Waals surface area contributed by atoms with Crippen LogP contribution in [0.25, 0.3) is 104 Å². The van der Waals surface area contributed by atoms with Crippen molar-refractivity contribution in [3.8, 4) is 39.1 Å². The van der Waals surface area contributed by atoms with Crippen LogP contribution < -0.4 is 4.90 Å². The van der Waals surface area contributed by atoms with Crippen molar-refractivity contribution in [3.05, 3.63) is 242 Å². The molecule has 320 valence electrons. The van der Waals surface area contributed by atoms with Crippen molar-refractivity contribution in [2.24, 2.45) is 0 Å². The summed E-state index contributed by atoms with van der Waals surface area (Å²) >= 11 is 0. The van der Waals surface area contributed by atoms with Crippen LogP contribution in [0.1, 0.15) is 25.0 Å². The first kappa shape index (κ1) is 38.6. The van der Waals surface area contributed by atoms with Gasteiger partial charge >= 0.3 is 0 Å². The molecule has 0 aliphatic heterocycles. The number of aromatic nitrogens is 1. The molecule has 0 fully saturated rings. The third-order valence-corrected chi connectivity index (χ3v) is 14.7. The standard InChI is InChI=1S/C65H44N2O/c1-65(2)56-27-15-13-25-51(56)52-35-34-47(39-57(52)65)66(44-18-5-3-6-19-44)46-32-29-41(30-33-46)42-31-36-58-55(37-42)62-59(67(58)45-20-7-4-8-21-45)40-61-63(53-26-14-16-28-60(53)68-61)64(62)54-38-43-17-9-10-22-48(43)49-23-11-12-24-50(49)54/h3-40H,1-2H3. The van der Waals surface area contributed by atoms with Crippen LogP contribution in [-0.2, 0) is 5.41 Å². The normalized spacial score (nSPS) is 13.0.